The number of aromatic carboxylic acids is 1. The second-order valence-electron chi connectivity index (χ2n) is 4.80. The second-order valence-corrected chi connectivity index (χ2v) is 4.80. The van der Waals surface area contributed by atoms with Crippen LogP contribution in [0.5, 0.6) is 0 Å². The fraction of sp³-hybridized carbons (Fsp3) is 0.600. The van der Waals surface area contributed by atoms with Gasteiger partial charge < -0.3 is 5.11 Å². The Morgan fingerprint density at radius 3 is 2.56 bits per heavy atom. The monoisotopic (exact) mass is 250 g/mol. The van der Waals surface area contributed by atoms with Crippen molar-refractivity contribution in [3.8, 4) is 0 Å². The molecule has 1 heterocycles. The lowest BCUT2D eigenvalue weighted by Gasteiger charge is -2.04. The number of unbranched alkanes of at least 4 members (excludes halogenated alkanes) is 5. The average molecular weight is 250 g/mol. The highest BCUT2D eigenvalue weighted by Crippen LogP contribution is 2.11. The Morgan fingerprint density at radius 2 is 1.89 bits per heavy atom. The molecule has 100 valence electrons. The molecule has 1 N–H and O–H groups in total. The van der Waals surface area contributed by atoms with Gasteiger partial charge in [-0.15, -0.1) is 0 Å². The van der Waals surface area contributed by atoms with Crippen LogP contribution >= 0.6 is 0 Å². The van der Waals surface area contributed by atoms with Gasteiger partial charge in [0.1, 0.15) is 12.6 Å². The predicted octanol–water partition coefficient (Wildman–Crippen LogP) is 3.11. The molecule has 3 heteroatoms. The standard InChI is InChI=1S/C15H23NO2/c1-3-4-5-6-7-8-11-14-13(15(17)18)10-9-12-16(14)2/h9-10,12H,3-8,11H2,1-2H3/p+1. The van der Waals surface area contributed by atoms with Crippen LogP contribution in [0.3, 0.4) is 0 Å². The lowest BCUT2D eigenvalue weighted by molar-refractivity contribution is -0.679. The maximum Gasteiger partial charge on any atom is 0.342 e. The van der Waals surface area contributed by atoms with Crippen LogP contribution in [0, 0.1) is 0 Å². The van der Waals surface area contributed by atoms with Gasteiger partial charge in [0.15, 0.2) is 11.9 Å². The van der Waals surface area contributed by atoms with Crippen molar-refractivity contribution in [1.29, 1.82) is 0 Å². The number of hydrogen-bond acceptors (Lipinski definition) is 1. The smallest absolute Gasteiger partial charge is 0.342 e. The van der Waals surface area contributed by atoms with Crippen LogP contribution in [0.25, 0.3) is 0 Å². The zero-order valence-corrected chi connectivity index (χ0v) is 11.5. The molecule has 0 aliphatic heterocycles. The molecule has 0 unspecified atom stereocenters. The summed E-state index contributed by atoms with van der Waals surface area (Å²) in [5.41, 5.74) is 1.37. The predicted molar refractivity (Wildman–Crippen MR) is 71.7 cm³/mol. The van der Waals surface area contributed by atoms with Crippen LogP contribution in [0.2, 0.25) is 0 Å². The third-order valence-electron chi connectivity index (χ3n) is 3.31. The molecule has 0 amide bonds. The molecular weight excluding hydrogens is 226 g/mol. The summed E-state index contributed by atoms with van der Waals surface area (Å²) in [7, 11) is 1.92. The fourth-order valence-electron chi connectivity index (χ4n) is 2.22. The summed E-state index contributed by atoms with van der Waals surface area (Å²) in [5.74, 6) is -0.827. The highest BCUT2D eigenvalue weighted by atomic mass is 16.4. The van der Waals surface area contributed by atoms with Gasteiger partial charge in [0.2, 0.25) is 0 Å². The average Bonchev–Trinajstić information content (AvgIpc) is 2.34. The number of carboxylic acid groups (broad SMARTS) is 1. The van der Waals surface area contributed by atoms with Crippen LogP contribution in [0.1, 0.15) is 61.5 Å². The van der Waals surface area contributed by atoms with Crippen molar-refractivity contribution in [2.45, 2.75) is 51.9 Å². The minimum Gasteiger partial charge on any atom is -0.477 e. The largest absolute Gasteiger partial charge is 0.477 e. The van der Waals surface area contributed by atoms with E-state index in [1.54, 1.807) is 12.1 Å². The van der Waals surface area contributed by atoms with E-state index < -0.39 is 5.97 Å². The van der Waals surface area contributed by atoms with E-state index in [2.05, 4.69) is 6.92 Å². The quantitative estimate of drug-likeness (QED) is 0.569. The first-order valence-electron chi connectivity index (χ1n) is 6.87. The van der Waals surface area contributed by atoms with E-state index in [1.807, 2.05) is 17.8 Å². The Bertz CT molecular complexity index is 388. The molecule has 0 bridgehead atoms. The van der Waals surface area contributed by atoms with Crippen molar-refractivity contribution in [3.63, 3.8) is 0 Å². The zero-order chi connectivity index (χ0) is 13.4. The molecule has 0 fully saturated rings. The summed E-state index contributed by atoms with van der Waals surface area (Å²) in [6.45, 7) is 2.21. The van der Waals surface area contributed by atoms with Gasteiger partial charge in [0.05, 0.1) is 0 Å². The first-order chi connectivity index (χ1) is 8.66. The third-order valence-corrected chi connectivity index (χ3v) is 3.31. The zero-order valence-electron chi connectivity index (χ0n) is 11.5. The molecule has 1 aromatic rings. The van der Waals surface area contributed by atoms with E-state index in [1.165, 1.54) is 32.1 Å². The van der Waals surface area contributed by atoms with Crippen molar-refractivity contribution in [2.75, 3.05) is 0 Å². The number of rotatable bonds is 8. The van der Waals surface area contributed by atoms with Crippen LogP contribution in [-0.2, 0) is 13.5 Å². The number of hydrogen-bond donors (Lipinski definition) is 1. The third kappa shape index (κ3) is 4.47. The fourth-order valence-corrected chi connectivity index (χ4v) is 2.22. The Kier molecular flexibility index (Phi) is 6.40. The van der Waals surface area contributed by atoms with Gasteiger partial charge in [0.25, 0.3) is 0 Å². The molecule has 0 radical (unpaired) electrons. The van der Waals surface area contributed by atoms with Crippen LogP contribution in [0.4, 0.5) is 0 Å². The van der Waals surface area contributed by atoms with Crippen LogP contribution in [-0.4, -0.2) is 11.1 Å². The van der Waals surface area contributed by atoms with Gasteiger partial charge in [0, 0.05) is 12.5 Å². The van der Waals surface area contributed by atoms with Crippen LogP contribution in [0.15, 0.2) is 18.3 Å². The topological polar surface area (TPSA) is 41.2 Å². The van der Waals surface area contributed by atoms with Crippen LogP contribution < -0.4 is 4.57 Å². The van der Waals surface area contributed by atoms with E-state index in [0.717, 1.165) is 18.5 Å². The number of carboxylic acids is 1. The minimum absolute atomic E-state index is 0.438. The van der Waals surface area contributed by atoms with Crippen molar-refractivity contribution < 1.29 is 14.5 Å². The molecule has 0 aromatic carbocycles. The summed E-state index contributed by atoms with van der Waals surface area (Å²) in [4.78, 5) is 11.1. The summed E-state index contributed by atoms with van der Waals surface area (Å²) >= 11 is 0. The summed E-state index contributed by atoms with van der Waals surface area (Å²) in [6, 6.07) is 3.48. The Morgan fingerprint density at radius 1 is 1.22 bits per heavy atom. The van der Waals surface area contributed by atoms with E-state index in [9.17, 15) is 4.79 Å². The first-order valence-corrected chi connectivity index (χ1v) is 6.87. The van der Waals surface area contributed by atoms with Crippen molar-refractivity contribution in [1.82, 2.24) is 0 Å². The highest BCUT2D eigenvalue weighted by molar-refractivity contribution is 5.88. The maximum absolute atomic E-state index is 11.1. The molecule has 3 nitrogen and oxygen atoms in total. The number of pyridine rings is 1. The van der Waals surface area contributed by atoms with Crippen molar-refractivity contribution in [3.05, 3.63) is 29.6 Å². The van der Waals surface area contributed by atoms with E-state index in [4.69, 9.17) is 5.11 Å². The molecule has 0 aliphatic carbocycles. The Hall–Kier alpha value is -1.38. The second kappa shape index (κ2) is 7.85. The molecule has 0 saturated carbocycles. The Balaban J connectivity index is 2.48. The molecule has 0 spiro atoms. The van der Waals surface area contributed by atoms with Gasteiger partial charge >= 0.3 is 5.97 Å². The highest BCUT2D eigenvalue weighted by Gasteiger charge is 2.17. The summed E-state index contributed by atoms with van der Waals surface area (Å²) < 4.78 is 1.93. The number of aryl methyl sites for hydroxylation is 1. The van der Waals surface area contributed by atoms with Gasteiger partial charge in [-0.25, -0.2) is 9.36 Å². The maximum atomic E-state index is 11.1. The SMILES string of the molecule is CCCCCCCCc1c(C(=O)O)ccc[n+]1C. The molecule has 0 aliphatic rings. The normalized spacial score (nSPS) is 10.6. The lowest BCUT2D eigenvalue weighted by atomic mass is 10.0. The minimum atomic E-state index is -0.827. The van der Waals surface area contributed by atoms with Gasteiger partial charge in [-0.1, -0.05) is 39.0 Å². The molecule has 18 heavy (non-hydrogen) atoms. The first kappa shape index (κ1) is 14.7. The lowest BCUT2D eigenvalue weighted by Crippen LogP contribution is -2.35. The number of carbonyl (C=O) groups is 1. The summed E-state index contributed by atoms with van der Waals surface area (Å²) in [5, 5.41) is 9.15. The van der Waals surface area contributed by atoms with Gasteiger partial charge in [-0.05, 0) is 12.5 Å². The van der Waals surface area contributed by atoms with Crippen molar-refractivity contribution >= 4 is 5.97 Å². The van der Waals surface area contributed by atoms with E-state index >= 15 is 0 Å². The van der Waals surface area contributed by atoms with Gasteiger partial charge in [-0.3, -0.25) is 0 Å². The van der Waals surface area contributed by atoms with E-state index in [0.29, 0.717) is 5.56 Å². The van der Waals surface area contributed by atoms with Gasteiger partial charge in [-0.2, -0.15) is 0 Å². The molecular formula is C15H24NO2+. The molecule has 1 rings (SSSR count). The Labute approximate surface area is 109 Å². The molecule has 1 aromatic heterocycles. The number of aromatic nitrogens is 1. The van der Waals surface area contributed by atoms with E-state index in [-0.39, 0.29) is 0 Å². The molecule has 0 atom stereocenters. The number of nitrogens with zero attached hydrogens (tertiary/aromatic N) is 1. The summed E-state index contributed by atoms with van der Waals surface area (Å²) in [6.07, 6.45) is 10.1. The molecule has 0 saturated heterocycles. The van der Waals surface area contributed by atoms with Crippen molar-refractivity contribution in [2.24, 2.45) is 7.05 Å².